The summed E-state index contributed by atoms with van der Waals surface area (Å²) in [7, 11) is -3.51. The summed E-state index contributed by atoms with van der Waals surface area (Å²) in [5.41, 5.74) is 8.11. The van der Waals surface area contributed by atoms with E-state index in [1.165, 1.54) is 0 Å². The van der Waals surface area contributed by atoms with Gasteiger partial charge in [-0.15, -0.1) is 0 Å². The molecule has 20 heavy (non-hydrogen) atoms. The van der Waals surface area contributed by atoms with Gasteiger partial charge in [-0.3, -0.25) is 4.72 Å². The van der Waals surface area contributed by atoms with Crippen LogP contribution >= 0.6 is 11.6 Å². The lowest BCUT2D eigenvalue weighted by Crippen LogP contribution is -2.15. The number of hydrogen-bond acceptors (Lipinski definition) is 3. The molecule has 3 N–H and O–H groups in total. The van der Waals surface area contributed by atoms with Crippen LogP contribution in [0.4, 0.5) is 11.4 Å². The molecule has 0 spiro atoms. The van der Waals surface area contributed by atoms with Crippen LogP contribution in [0.2, 0.25) is 5.02 Å². The van der Waals surface area contributed by atoms with E-state index >= 15 is 0 Å². The molecule has 6 heteroatoms. The van der Waals surface area contributed by atoms with E-state index in [-0.39, 0.29) is 5.75 Å². The number of halogens is 1. The third-order valence-electron chi connectivity index (χ3n) is 2.77. The van der Waals surface area contributed by atoms with Crippen LogP contribution in [-0.4, -0.2) is 8.42 Å². The lowest BCUT2D eigenvalue weighted by Gasteiger charge is -2.11. The molecule has 0 aliphatic carbocycles. The lowest BCUT2D eigenvalue weighted by atomic mass is 10.2. The van der Waals surface area contributed by atoms with Gasteiger partial charge in [0.25, 0.3) is 0 Å². The van der Waals surface area contributed by atoms with Gasteiger partial charge in [-0.2, -0.15) is 0 Å². The smallest absolute Gasteiger partial charge is 0.236 e. The number of sulfonamides is 1. The van der Waals surface area contributed by atoms with Crippen LogP contribution in [-0.2, 0) is 15.8 Å². The number of aryl methyl sites for hydroxylation is 1. The summed E-state index contributed by atoms with van der Waals surface area (Å²) in [4.78, 5) is 0. The number of hydrogen-bond donors (Lipinski definition) is 2. The van der Waals surface area contributed by atoms with Crippen molar-refractivity contribution in [1.29, 1.82) is 0 Å². The number of nitrogens with one attached hydrogen (secondary N) is 1. The Bertz CT molecular complexity index is 730. The maximum absolute atomic E-state index is 12.1. The zero-order valence-electron chi connectivity index (χ0n) is 10.9. The normalized spacial score (nSPS) is 11.3. The SMILES string of the molecule is Cc1ccc(Cl)cc1NS(=O)(=O)Cc1cccc(N)c1. The molecule has 2 rings (SSSR count). The van der Waals surface area contributed by atoms with Crippen molar-refractivity contribution in [2.24, 2.45) is 0 Å². The average molecular weight is 311 g/mol. The summed E-state index contributed by atoms with van der Waals surface area (Å²) in [6.07, 6.45) is 0. The van der Waals surface area contributed by atoms with E-state index in [1.54, 1.807) is 42.5 Å². The molecule has 0 fully saturated rings. The number of rotatable bonds is 4. The molecule has 106 valence electrons. The molecule has 0 atom stereocenters. The molecule has 2 aromatic carbocycles. The molecule has 4 nitrogen and oxygen atoms in total. The van der Waals surface area contributed by atoms with Crippen LogP contribution in [0.15, 0.2) is 42.5 Å². The molecular weight excluding hydrogens is 296 g/mol. The van der Waals surface area contributed by atoms with Crippen molar-refractivity contribution in [3.05, 3.63) is 58.6 Å². The third kappa shape index (κ3) is 3.88. The Morgan fingerprint density at radius 3 is 2.65 bits per heavy atom. The molecule has 0 radical (unpaired) electrons. The second-order valence-corrected chi connectivity index (χ2v) is 6.72. The fourth-order valence-corrected chi connectivity index (χ4v) is 3.23. The van der Waals surface area contributed by atoms with E-state index in [0.717, 1.165) is 5.56 Å². The van der Waals surface area contributed by atoms with Gasteiger partial charge in [-0.1, -0.05) is 29.8 Å². The average Bonchev–Trinajstić information content (AvgIpc) is 2.33. The van der Waals surface area contributed by atoms with Crippen molar-refractivity contribution in [2.75, 3.05) is 10.5 Å². The molecule has 0 aliphatic rings. The van der Waals surface area contributed by atoms with Crippen LogP contribution in [0.1, 0.15) is 11.1 Å². The molecule has 0 bridgehead atoms. The van der Waals surface area contributed by atoms with Crippen LogP contribution in [0, 0.1) is 6.92 Å². The maximum Gasteiger partial charge on any atom is 0.236 e. The van der Waals surface area contributed by atoms with Crippen LogP contribution in [0.3, 0.4) is 0 Å². The third-order valence-corrected chi connectivity index (χ3v) is 4.25. The second-order valence-electron chi connectivity index (χ2n) is 4.57. The lowest BCUT2D eigenvalue weighted by molar-refractivity contribution is 0.600. The second kappa shape index (κ2) is 5.73. The number of nitrogen functional groups attached to an aromatic ring is 1. The standard InChI is InChI=1S/C14H15ClN2O2S/c1-10-5-6-12(15)8-14(10)17-20(18,19)9-11-3-2-4-13(16)7-11/h2-8,17H,9,16H2,1H3. The predicted molar refractivity (Wildman–Crippen MR) is 83.3 cm³/mol. The first-order valence-corrected chi connectivity index (χ1v) is 8.00. The molecule has 0 amide bonds. The number of anilines is 2. The molecule has 0 aliphatic heterocycles. The fraction of sp³-hybridized carbons (Fsp3) is 0.143. The van der Waals surface area contributed by atoms with Crippen LogP contribution < -0.4 is 10.5 Å². The number of benzene rings is 2. The summed E-state index contributed by atoms with van der Waals surface area (Å²) >= 11 is 5.88. The van der Waals surface area contributed by atoms with Gasteiger partial charge in [0.15, 0.2) is 0 Å². The first kappa shape index (κ1) is 14.7. The van der Waals surface area contributed by atoms with E-state index in [9.17, 15) is 8.42 Å². The van der Waals surface area contributed by atoms with E-state index in [1.807, 2.05) is 6.92 Å². The van der Waals surface area contributed by atoms with Gasteiger partial charge in [0.1, 0.15) is 0 Å². The minimum Gasteiger partial charge on any atom is -0.399 e. The van der Waals surface area contributed by atoms with Crippen molar-refractivity contribution in [2.45, 2.75) is 12.7 Å². The van der Waals surface area contributed by atoms with Gasteiger partial charge < -0.3 is 5.73 Å². The Kier molecular flexibility index (Phi) is 4.20. The highest BCUT2D eigenvalue weighted by atomic mass is 35.5. The van der Waals surface area contributed by atoms with Crippen LogP contribution in [0.5, 0.6) is 0 Å². The topological polar surface area (TPSA) is 72.2 Å². The zero-order chi connectivity index (χ0) is 14.8. The minimum absolute atomic E-state index is 0.135. The van der Waals surface area contributed by atoms with E-state index < -0.39 is 10.0 Å². The number of nitrogens with two attached hydrogens (primary N) is 1. The minimum atomic E-state index is -3.51. The molecule has 2 aromatic rings. The summed E-state index contributed by atoms with van der Waals surface area (Å²) in [6.45, 7) is 1.81. The van der Waals surface area contributed by atoms with Crippen molar-refractivity contribution in [3.63, 3.8) is 0 Å². The highest BCUT2D eigenvalue weighted by Crippen LogP contribution is 2.22. The molecule has 0 unspecified atom stereocenters. The Balaban J connectivity index is 2.21. The molecule has 0 aromatic heterocycles. The summed E-state index contributed by atoms with van der Waals surface area (Å²) in [6, 6.07) is 11.9. The van der Waals surface area contributed by atoms with Gasteiger partial charge in [-0.25, -0.2) is 8.42 Å². The van der Waals surface area contributed by atoms with E-state index in [2.05, 4.69) is 4.72 Å². The van der Waals surface area contributed by atoms with Crippen LogP contribution in [0.25, 0.3) is 0 Å². The van der Waals surface area contributed by atoms with Crippen molar-refractivity contribution >= 4 is 33.0 Å². The first-order chi connectivity index (χ1) is 9.35. The zero-order valence-corrected chi connectivity index (χ0v) is 12.5. The summed E-state index contributed by atoms with van der Waals surface area (Å²) < 4.78 is 26.8. The molecule has 0 saturated heterocycles. The van der Waals surface area contributed by atoms with Gasteiger partial charge >= 0.3 is 0 Å². The summed E-state index contributed by atoms with van der Waals surface area (Å²) in [5, 5.41) is 0.484. The van der Waals surface area contributed by atoms with Crippen molar-refractivity contribution in [3.8, 4) is 0 Å². The Morgan fingerprint density at radius 2 is 1.95 bits per heavy atom. The van der Waals surface area contributed by atoms with Gasteiger partial charge in [0.2, 0.25) is 10.0 Å². The highest BCUT2D eigenvalue weighted by Gasteiger charge is 2.13. The largest absolute Gasteiger partial charge is 0.399 e. The highest BCUT2D eigenvalue weighted by molar-refractivity contribution is 7.91. The Labute approximate surface area is 123 Å². The monoisotopic (exact) mass is 310 g/mol. The maximum atomic E-state index is 12.1. The first-order valence-electron chi connectivity index (χ1n) is 5.97. The van der Waals surface area contributed by atoms with Gasteiger partial charge in [0, 0.05) is 10.7 Å². The quantitative estimate of drug-likeness (QED) is 0.852. The van der Waals surface area contributed by atoms with Crippen molar-refractivity contribution in [1.82, 2.24) is 0 Å². The van der Waals surface area contributed by atoms with Gasteiger partial charge in [-0.05, 0) is 42.3 Å². The van der Waals surface area contributed by atoms with E-state index in [4.69, 9.17) is 17.3 Å². The fourth-order valence-electron chi connectivity index (χ4n) is 1.81. The molecule has 0 heterocycles. The van der Waals surface area contributed by atoms with Gasteiger partial charge in [0.05, 0.1) is 11.4 Å². The Hall–Kier alpha value is -1.72. The van der Waals surface area contributed by atoms with E-state index in [0.29, 0.717) is 22.0 Å². The predicted octanol–water partition coefficient (Wildman–Crippen LogP) is 3.17. The molecule has 0 saturated carbocycles. The Morgan fingerprint density at radius 1 is 1.20 bits per heavy atom. The summed E-state index contributed by atoms with van der Waals surface area (Å²) in [5.74, 6) is -0.135. The van der Waals surface area contributed by atoms with Crippen molar-refractivity contribution < 1.29 is 8.42 Å². The molecular formula is C14H15ClN2O2S.